The highest BCUT2D eigenvalue weighted by Crippen LogP contribution is 2.28. The maximum atomic E-state index is 11.1. The predicted molar refractivity (Wildman–Crippen MR) is 73.0 cm³/mol. The van der Waals surface area contributed by atoms with Gasteiger partial charge in [-0.05, 0) is 20.0 Å². The zero-order valence-electron chi connectivity index (χ0n) is 11.0. The second-order valence-corrected chi connectivity index (χ2v) is 4.72. The van der Waals surface area contributed by atoms with Gasteiger partial charge in [0.15, 0.2) is 0 Å². The molecule has 1 unspecified atom stereocenters. The van der Waals surface area contributed by atoms with E-state index >= 15 is 0 Å². The summed E-state index contributed by atoms with van der Waals surface area (Å²) in [6.45, 7) is 4.35. The number of nitrogens with one attached hydrogen (secondary N) is 1. The molecule has 8 heteroatoms. The van der Waals surface area contributed by atoms with Gasteiger partial charge in [-0.2, -0.15) is 0 Å². The van der Waals surface area contributed by atoms with E-state index in [1.54, 1.807) is 0 Å². The molecule has 2 heterocycles. The zero-order valence-corrected chi connectivity index (χ0v) is 11.0. The van der Waals surface area contributed by atoms with Crippen molar-refractivity contribution in [2.75, 3.05) is 37.0 Å². The monoisotopic (exact) mass is 266 g/mol. The van der Waals surface area contributed by atoms with E-state index in [-0.39, 0.29) is 5.69 Å². The number of rotatable bonds is 3. The molecule has 1 fully saturated rings. The number of piperazine rings is 1. The van der Waals surface area contributed by atoms with Gasteiger partial charge in [-0.25, -0.2) is 10.8 Å². The van der Waals surface area contributed by atoms with Gasteiger partial charge < -0.3 is 15.2 Å². The van der Waals surface area contributed by atoms with Crippen LogP contribution in [0.3, 0.4) is 0 Å². The van der Waals surface area contributed by atoms with Crippen molar-refractivity contribution in [2.24, 2.45) is 5.84 Å². The summed E-state index contributed by atoms with van der Waals surface area (Å²) < 4.78 is 0. The van der Waals surface area contributed by atoms with Crippen LogP contribution in [0.4, 0.5) is 17.3 Å². The van der Waals surface area contributed by atoms with E-state index < -0.39 is 4.92 Å². The lowest BCUT2D eigenvalue weighted by Crippen LogP contribution is -2.50. The van der Waals surface area contributed by atoms with Crippen molar-refractivity contribution in [2.45, 2.75) is 13.0 Å². The Morgan fingerprint density at radius 3 is 2.84 bits per heavy atom. The van der Waals surface area contributed by atoms with E-state index in [0.29, 0.717) is 30.8 Å². The lowest BCUT2D eigenvalue weighted by Gasteiger charge is -2.38. The molecular formula is C11H18N6O2. The van der Waals surface area contributed by atoms with Crippen molar-refractivity contribution < 1.29 is 4.92 Å². The van der Waals surface area contributed by atoms with E-state index in [9.17, 15) is 10.1 Å². The van der Waals surface area contributed by atoms with E-state index in [2.05, 4.69) is 22.2 Å². The van der Waals surface area contributed by atoms with Crippen LogP contribution in [-0.2, 0) is 0 Å². The first-order chi connectivity index (χ1) is 9.02. The van der Waals surface area contributed by atoms with Crippen LogP contribution in [0, 0.1) is 10.1 Å². The first-order valence-corrected chi connectivity index (χ1v) is 6.10. The van der Waals surface area contributed by atoms with Crippen LogP contribution >= 0.6 is 0 Å². The van der Waals surface area contributed by atoms with Crippen LogP contribution < -0.4 is 16.2 Å². The van der Waals surface area contributed by atoms with Crippen molar-refractivity contribution in [3.63, 3.8) is 0 Å². The Balaban J connectivity index is 2.34. The Bertz CT molecular complexity index is 480. The third-order valence-corrected chi connectivity index (χ3v) is 3.46. The average Bonchev–Trinajstić information content (AvgIpc) is 2.41. The molecule has 104 valence electrons. The Hall–Kier alpha value is -1.93. The van der Waals surface area contributed by atoms with E-state index in [4.69, 9.17) is 5.84 Å². The first-order valence-electron chi connectivity index (χ1n) is 6.10. The van der Waals surface area contributed by atoms with Crippen LogP contribution in [0.5, 0.6) is 0 Å². The summed E-state index contributed by atoms with van der Waals surface area (Å²) in [6.07, 6.45) is 0. The van der Waals surface area contributed by atoms with Gasteiger partial charge in [0.2, 0.25) is 5.82 Å². The summed E-state index contributed by atoms with van der Waals surface area (Å²) in [7, 11) is 2.04. The molecule has 8 nitrogen and oxygen atoms in total. The van der Waals surface area contributed by atoms with Gasteiger partial charge in [0.1, 0.15) is 5.82 Å². The molecular weight excluding hydrogens is 248 g/mol. The number of nitrogens with two attached hydrogens (primary N) is 1. The van der Waals surface area contributed by atoms with Crippen LogP contribution in [0.1, 0.15) is 6.92 Å². The second kappa shape index (κ2) is 5.37. The number of hydrogen-bond donors (Lipinski definition) is 2. The summed E-state index contributed by atoms with van der Waals surface area (Å²) in [4.78, 5) is 19.1. The lowest BCUT2D eigenvalue weighted by atomic mass is 10.2. The van der Waals surface area contributed by atoms with Gasteiger partial charge >= 0.3 is 5.69 Å². The van der Waals surface area contributed by atoms with Gasteiger partial charge in [-0.1, -0.05) is 0 Å². The Morgan fingerprint density at radius 1 is 1.53 bits per heavy atom. The summed E-state index contributed by atoms with van der Waals surface area (Å²) in [5, 5.41) is 11.1. The minimum atomic E-state index is -0.411. The SMILES string of the molecule is CC1CN(c2nc(NN)ccc2[N+](=O)[O-])CCN1C. The fraction of sp³-hybridized carbons (Fsp3) is 0.545. The van der Waals surface area contributed by atoms with Gasteiger partial charge in [0.05, 0.1) is 4.92 Å². The molecule has 1 saturated heterocycles. The van der Waals surface area contributed by atoms with Gasteiger partial charge in [-0.15, -0.1) is 0 Å². The quantitative estimate of drug-likeness (QED) is 0.464. The number of hydrazine groups is 1. The van der Waals surface area contributed by atoms with Crippen molar-refractivity contribution in [1.82, 2.24) is 9.88 Å². The van der Waals surface area contributed by atoms with Gasteiger partial charge in [-0.3, -0.25) is 10.1 Å². The number of nitrogens with zero attached hydrogens (tertiary/aromatic N) is 4. The van der Waals surface area contributed by atoms with Crippen molar-refractivity contribution >= 4 is 17.3 Å². The molecule has 1 aromatic heterocycles. The number of likely N-dealkylation sites (N-methyl/N-ethyl adjacent to an activating group) is 1. The van der Waals surface area contributed by atoms with Crippen LogP contribution in [0.2, 0.25) is 0 Å². The molecule has 0 aliphatic carbocycles. The topological polar surface area (TPSA) is 101 Å². The smallest absolute Gasteiger partial charge is 0.311 e. The molecule has 0 radical (unpaired) electrons. The molecule has 0 bridgehead atoms. The standard InChI is InChI=1S/C11H18N6O2/c1-8-7-16(6-5-15(8)2)11-9(17(18)19)3-4-10(13-11)14-12/h3-4,8H,5-7,12H2,1-2H3,(H,13,14). The number of anilines is 2. The van der Waals surface area contributed by atoms with Crippen LogP contribution in [0.25, 0.3) is 0 Å². The Kier molecular flexibility index (Phi) is 3.82. The highest BCUT2D eigenvalue weighted by Gasteiger charge is 2.27. The van der Waals surface area contributed by atoms with E-state index in [1.807, 2.05) is 11.9 Å². The summed E-state index contributed by atoms with van der Waals surface area (Å²) in [5.41, 5.74) is 2.43. The first kappa shape index (κ1) is 13.5. The minimum Gasteiger partial charge on any atom is -0.348 e. The molecule has 0 saturated carbocycles. The van der Waals surface area contributed by atoms with Gasteiger partial charge in [0.25, 0.3) is 0 Å². The molecule has 0 aromatic carbocycles. The zero-order chi connectivity index (χ0) is 14.0. The third kappa shape index (κ3) is 2.74. The molecule has 0 spiro atoms. The Morgan fingerprint density at radius 2 is 2.26 bits per heavy atom. The molecule has 0 amide bonds. The van der Waals surface area contributed by atoms with E-state index in [0.717, 1.165) is 6.54 Å². The highest BCUT2D eigenvalue weighted by molar-refractivity contribution is 5.62. The van der Waals surface area contributed by atoms with Crippen molar-refractivity contribution in [1.29, 1.82) is 0 Å². The third-order valence-electron chi connectivity index (χ3n) is 3.46. The molecule has 1 aliphatic heterocycles. The van der Waals surface area contributed by atoms with Crippen LogP contribution in [0.15, 0.2) is 12.1 Å². The predicted octanol–water partition coefficient (Wildman–Crippen LogP) is 0.416. The summed E-state index contributed by atoms with van der Waals surface area (Å²) >= 11 is 0. The normalized spacial score (nSPS) is 20.4. The van der Waals surface area contributed by atoms with Crippen molar-refractivity contribution in [3.05, 3.63) is 22.2 Å². The number of aromatic nitrogens is 1. The molecule has 1 aliphatic rings. The molecule has 2 rings (SSSR count). The number of nitro groups is 1. The average molecular weight is 266 g/mol. The fourth-order valence-corrected chi connectivity index (χ4v) is 2.14. The molecule has 19 heavy (non-hydrogen) atoms. The number of hydrogen-bond acceptors (Lipinski definition) is 7. The molecule has 1 atom stereocenters. The number of nitrogen functional groups attached to an aromatic ring is 1. The Labute approximate surface area is 111 Å². The lowest BCUT2D eigenvalue weighted by molar-refractivity contribution is -0.384. The highest BCUT2D eigenvalue weighted by atomic mass is 16.6. The maximum Gasteiger partial charge on any atom is 0.311 e. The van der Waals surface area contributed by atoms with E-state index in [1.165, 1.54) is 12.1 Å². The summed E-state index contributed by atoms with van der Waals surface area (Å²) in [5.74, 6) is 6.11. The van der Waals surface area contributed by atoms with Crippen LogP contribution in [-0.4, -0.2) is 47.5 Å². The minimum absolute atomic E-state index is 0.00996. The molecule has 1 aromatic rings. The van der Waals surface area contributed by atoms with Crippen molar-refractivity contribution in [3.8, 4) is 0 Å². The van der Waals surface area contributed by atoms with Gasteiger partial charge in [0, 0.05) is 31.7 Å². The molecule has 3 N–H and O–H groups in total. The number of pyridine rings is 1. The fourth-order valence-electron chi connectivity index (χ4n) is 2.14. The largest absolute Gasteiger partial charge is 0.348 e. The summed E-state index contributed by atoms with van der Waals surface area (Å²) in [6, 6.07) is 3.26. The second-order valence-electron chi connectivity index (χ2n) is 4.72. The maximum absolute atomic E-state index is 11.1.